The predicted molar refractivity (Wildman–Crippen MR) is 101 cm³/mol. The van der Waals surface area contributed by atoms with Crippen LogP contribution in [0.2, 0.25) is 0 Å². The molecule has 2 aromatic carbocycles. The van der Waals surface area contributed by atoms with Crippen LogP contribution in [0.3, 0.4) is 0 Å². The van der Waals surface area contributed by atoms with Gasteiger partial charge in [-0.1, -0.05) is 24.3 Å². The van der Waals surface area contributed by atoms with Gasteiger partial charge in [0, 0.05) is 17.8 Å². The van der Waals surface area contributed by atoms with Gasteiger partial charge >= 0.3 is 6.09 Å². The Labute approximate surface area is 153 Å². The Morgan fingerprint density at radius 1 is 1.15 bits per heavy atom. The Morgan fingerprint density at radius 2 is 1.85 bits per heavy atom. The van der Waals surface area contributed by atoms with Crippen molar-refractivity contribution in [3.8, 4) is 0 Å². The third-order valence-corrected chi connectivity index (χ3v) is 3.76. The minimum absolute atomic E-state index is 0.273. The lowest BCUT2D eigenvalue weighted by Gasteiger charge is -2.20. The van der Waals surface area contributed by atoms with Gasteiger partial charge in [0.25, 0.3) is 0 Å². The molecule has 140 valence electrons. The van der Waals surface area contributed by atoms with Crippen LogP contribution in [0.15, 0.2) is 36.4 Å². The molecule has 26 heavy (non-hydrogen) atoms. The maximum absolute atomic E-state index is 14.4. The van der Waals surface area contributed by atoms with E-state index in [1.54, 1.807) is 52.0 Å². The molecule has 5 nitrogen and oxygen atoms in total. The molecule has 0 unspecified atom stereocenters. The number of benzene rings is 2. The van der Waals surface area contributed by atoms with Crippen molar-refractivity contribution in [3.05, 3.63) is 58.9 Å². The first-order chi connectivity index (χ1) is 12.2. The second-order valence-electron chi connectivity index (χ2n) is 7.02. The number of halogens is 1. The zero-order valence-electron chi connectivity index (χ0n) is 15.5. The number of carbonyl (C=O) groups excluding carboxylic acids is 1. The maximum atomic E-state index is 14.4. The molecule has 0 radical (unpaired) electrons. The van der Waals surface area contributed by atoms with Gasteiger partial charge in [-0.05, 0) is 51.0 Å². The maximum Gasteiger partial charge on any atom is 0.412 e. The largest absolute Gasteiger partial charge is 0.444 e. The van der Waals surface area contributed by atoms with Crippen molar-refractivity contribution < 1.29 is 19.0 Å². The van der Waals surface area contributed by atoms with E-state index in [0.717, 1.165) is 5.56 Å². The van der Waals surface area contributed by atoms with E-state index in [-0.39, 0.29) is 12.2 Å². The van der Waals surface area contributed by atoms with Crippen LogP contribution >= 0.6 is 0 Å². The lowest BCUT2D eigenvalue weighted by molar-refractivity contribution is 0.0636. The average Bonchev–Trinajstić information content (AvgIpc) is 2.54. The molecular weight excluding hydrogens is 335 g/mol. The van der Waals surface area contributed by atoms with E-state index in [0.29, 0.717) is 23.5 Å². The predicted octanol–water partition coefficient (Wildman–Crippen LogP) is 4.59. The van der Waals surface area contributed by atoms with Gasteiger partial charge in [-0.15, -0.1) is 0 Å². The average molecular weight is 360 g/mol. The van der Waals surface area contributed by atoms with Crippen molar-refractivity contribution in [2.24, 2.45) is 0 Å². The first kappa shape index (κ1) is 19.7. The summed E-state index contributed by atoms with van der Waals surface area (Å²) in [5.41, 5.74) is 2.04. The topological polar surface area (TPSA) is 70.6 Å². The summed E-state index contributed by atoms with van der Waals surface area (Å²) in [4.78, 5) is 12.0. The molecule has 0 saturated carbocycles. The lowest BCUT2D eigenvalue weighted by Crippen LogP contribution is -2.27. The zero-order chi connectivity index (χ0) is 19.3. The van der Waals surface area contributed by atoms with E-state index in [9.17, 15) is 14.3 Å². The highest BCUT2D eigenvalue weighted by atomic mass is 19.1. The molecule has 0 aliphatic carbocycles. The molecule has 0 fully saturated rings. The minimum atomic E-state index is -0.594. The Morgan fingerprint density at radius 3 is 2.50 bits per heavy atom. The van der Waals surface area contributed by atoms with Crippen molar-refractivity contribution in [2.45, 2.75) is 46.4 Å². The van der Waals surface area contributed by atoms with E-state index in [1.165, 1.54) is 0 Å². The number of rotatable bonds is 5. The standard InChI is InChI=1S/C20H25FN2O3/c1-13-9-10-17(18(21)15(13)12-24)22-11-14-7-5-6-8-16(14)23-19(25)26-20(2,3)4/h5-10,22,24H,11-12H2,1-4H3,(H,23,25). The van der Waals surface area contributed by atoms with E-state index in [4.69, 9.17) is 4.74 Å². The van der Waals surface area contributed by atoms with Gasteiger partial charge in [0.1, 0.15) is 5.60 Å². The third-order valence-electron chi connectivity index (χ3n) is 3.76. The molecule has 0 saturated heterocycles. The summed E-state index contributed by atoms with van der Waals surface area (Å²) in [5.74, 6) is -0.468. The molecule has 6 heteroatoms. The number of carbonyl (C=O) groups is 1. The Kier molecular flexibility index (Phi) is 6.21. The highest BCUT2D eigenvalue weighted by molar-refractivity contribution is 5.86. The van der Waals surface area contributed by atoms with E-state index in [2.05, 4.69) is 10.6 Å². The molecular formula is C20H25FN2O3. The van der Waals surface area contributed by atoms with Crippen molar-refractivity contribution >= 4 is 17.5 Å². The second kappa shape index (κ2) is 8.19. The SMILES string of the molecule is Cc1ccc(NCc2ccccc2NC(=O)OC(C)(C)C)c(F)c1CO. The number of anilines is 2. The molecule has 3 N–H and O–H groups in total. The third kappa shape index (κ3) is 5.20. The van der Waals surface area contributed by atoms with Gasteiger partial charge in [-0.2, -0.15) is 0 Å². The molecule has 0 aromatic heterocycles. The van der Waals surface area contributed by atoms with Crippen LogP contribution < -0.4 is 10.6 Å². The molecule has 0 bridgehead atoms. The minimum Gasteiger partial charge on any atom is -0.444 e. The van der Waals surface area contributed by atoms with Crippen molar-refractivity contribution in [3.63, 3.8) is 0 Å². The number of hydrogen-bond donors (Lipinski definition) is 3. The smallest absolute Gasteiger partial charge is 0.412 e. The summed E-state index contributed by atoms with van der Waals surface area (Å²) < 4.78 is 19.7. The molecule has 1 amide bonds. The molecule has 0 atom stereocenters. The number of nitrogens with one attached hydrogen (secondary N) is 2. The monoisotopic (exact) mass is 360 g/mol. The summed E-state index contributed by atoms with van der Waals surface area (Å²) in [6.45, 7) is 7.07. The molecule has 2 aromatic rings. The van der Waals surface area contributed by atoms with Crippen molar-refractivity contribution in [2.75, 3.05) is 10.6 Å². The number of amides is 1. The fourth-order valence-electron chi connectivity index (χ4n) is 2.45. The van der Waals surface area contributed by atoms with Gasteiger partial charge in [0.2, 0.25) is 0 Å². The number of aryl methyl sites for hydroxylation is 1. The summed E-state index contributed by atoms with van der Waals surface area (Å²) in [7, 11) is 0. The summed E-state index contributed by atoms with van der Waals surface area (Å²) in [5, 5.41) is 15.0. The molecule has 2 rings (SSSR count). The van der Waals surface area contributed by atoms with Crippen LogP contribution in [0.1, 0.15) is 37.5 Å². The van der Waals surface area contributed by atoms with Crippen LogP contribution in [0.4, 0.5) is 20.6 Å². The Bertz CT molecular complexity index is 785. The van der Waals surface area contributed by atoms with Gasteiger partial charge in [-0.25, -0.2) is 9.18 Å². The highest BCUT2D eigenvalue weighted by Gasteiger charge is 2.17. The van der Waals surface area contributed by atoms with Gasteiger partial charge in [0.05, 0.1) is 12.3 Å². The fourth-order valence-corrected chi connectivity index (χ4v) is 2.45. The molecule has 0 aliphatic heterocycles. The van der Waals surface area contributed by atoms with Crippen molar-refractivity contribution in [1.82, 2.24) is 0 Å². The summed E-state index contributed by atoms with van der Waals surface area (Å²) in [6.07, 6.45) is -0.547. The van der Waals surface area contributed by atoms with E-state index in [1.807, 2.05) is 12.1 Å². The number of aliphatic hydroxyl groups excluding tert-OH is 1. The molecule has 0 spiro atoms. The summed E-state index contributed by atoms with van der Waals surface area (Å²) >= 11 is 0. The number of ether oxygens (including phenoxy) is 1. The van der Waals surface area contributed by atoms with Gasteiger partial charge < -0.3 is 15.2 Å². The van der Waals surface area contributed by atoms with Crippen LogP contribution in [-0.4, -0.2) is 16.8 Å². The fraction of sp³-hybridized carbons (Fsp3) is 0.350. The van der Waals surface area contributed by atoms with E-state index >= 15 is 0 Å². The van der Waals surface area contributed by atoms with Crippen molar-refractivity contribution in [1.29, 1.82) is 0 Å². The zero-order valence-corrected chi connectivity index (χ0v) is 15.5. The number of hydrogen-bond acceptors (Lipinski definition) is 4. The normalized spacial score (nSPS) is 11.2. The van der Waals surface area contributed by atoms with Gasteiger partial charge in [-0.3, -0.25) is 5.32 Å². The van der Waals surface area contributed by atoms with E-state index < -0.39 is 17.5 Å². The molecule has 0 heterocycles. The van der Waals surface area contributed by atoms with Crippen LogP contribution in [0.5, 0.6) is 0 Å². The Hall–Kier alpha value is -2.60. The second-order valence-corrected chi connectivity index (χ2v) is 7.02. The molecule has 0 aliphatic rings. The first-order valence-electron chi connectivity index (χ1n) is 8.42. The summed E-state index contributed by atoms with van der Waals surface area (Å²) in [6, 6.07) is 10.6. The van der Waals surface area contributed by atoms with Crippen LogP contribution in [-0.2, 0) is 17.9 Å². The number of para-hydroxylation sites is 1. The number of aliphatic hydroxyl groups is 1. The van der Waals surface area contributed by atoms with Gasteiger partial charge in [0.15, 0.2) is 5.82 Å². The van der Waals surface area contributed by atoms with Crippen LogP contribution in [0, 0.1) is 12.7 Å². The Balaban J connectivity index is 2.13. The lowest BCUT2D eigenvalue weighted by atomic mass is 10.1. The van der Waals surface area contributed by atoms with Crippen LogP contribution in [0.25, 0.3) is 0 Å². The quantitative estimate of drug-likeness (QED) is 0.730. The highest BCUT2D eigenvalue weighted by Crippen LogP contribution is 2.24. The first-order valence-corrected chi connectivity index (χ1v) is 8.42.